The van der Waals surface area contributed by atoms with Crippen LogP contribution in [0.5, 0.6) is 0 Å². The van der Waals surface area contributed by atoms with Crippen molar-refractivity contribution in [1.29, 1.82) is 0 Å². The van der Waals surface area contributed by atoms with E-state index in [1.165, 1.54) is 4.88 Å². The number of amides is 1. The minimum atomic E-state index is 0.225. The Bertz CT molecular complexity index is 372. The molecule has 1 aromatic heterocycles. The number of aryl methyl sites for hydroxylation is 1. The molecule has 1 aliphatic heterocycles. The summed E-state index contributed by atoms with van der Waals surface area (Å²) in [6, 6.07) is 0. The molecule has 0 aromatic carbocycles. The van der Waals surface area contributed by atoms with Gasteiger partial charge in [0.05, 0.1) is 11.6 Å². The lowest BCUT2D eigenvalue weighted by Crippen LogP contribution is -2.35. The molecular formula is C12H19N3OS. The summed E-state index contributed by atoms with van der Waals surface area (Å²) < 4.78 is 0. The van der Waals surface area contributed by atoms with E-state index in [4.69, 9.17) is 0 Å². The number of likely N-dealkylation sites (tertiary alicyclic amines) is 1. The number of nitrogens with one attached hydrogen (secondary N) is 1. The highest BCUT2D eigenvalue weighted by atomic mass is 32.1. The molecule has 1 aliphatic rings. The number of carbonyl (C=O) groups is 1. The summed E-state index contributed by atoms with van der Waals surface area (Å²) >= 11 is 1.72. The number of aromatic nitrogens is 1. The van der Waals surface area contributed by atoms with Gasteiger partial charge in [0.2, 0.25) is 5.91 Å². The lowest BCUT2D eigenvalue weighted by Gasteiger charge is -2.15. The molecule has 0 radical (unpaired) electrons. The molecule has 0 bridgehead atoms. The van der Waals surface area contributed by atoms with E-state index in [1.54, 1.807) is 11.3 Å². The second-order valence-electron chi connectivity index (χ2n) is 4.27. The summed E-state index contributed by atoms with van der Waals surface area (Å²) in [5.41, 5.74) is 0. The number of carbonyl (C=O) groups excluding carboxylic acids is 1. The van der Waals surface area contributed by atoms with Crippen molar-refractivity contribution in [1.82, 2.24) is 15.2 Å². The molecule has 5 heteroatoms. The monoisotopic (exact) mass is 253 g/mol. The number of hydrogen-bond acceptors (Lipinski definition) is 4. The molecule has 1 N–H and O–H groups in total. The van der Waals surface area contributed by atoms with E-state index in [-0.39, 0.29) is 5.91 Å². The van der Waals surface area contributed by atoms with Gasteiger partial charge in [-0.05, 0) is 19.3 Å². The molecule has 0 aliphatic carbocycles. The molecule has 17 heavy (non-hydrogen) atoms. The van der Waals surface area contributed by atoms with Crippen LogP contribution < -0.4 is 5.32 Å². The van der Waals surface area contributed by atoms with Crippen molar-refractivity contribution < 1.29 is 4.79 Å². The minimum absolute atomic E-state index is 0.225. The molecule has 2 rings (SSSR count). The van der Waals surface area contributed by atoms with Gasteiger partial charge in [0.25, 0.3) is 0 Å². The zero-order valence-corrected chi connectivity index (χ0v) is 11.1. The number of nitrogens with zero attached hydrogens (tertiary/aromatic N) is 2. The van der Waals surface area contributed by atoms with Crippen LogP contribution in [0.1, 0.15) is 29.7 Å². The second-order valence-corrected chi connectivity index (χ2v) is 5.47. The molecule has 4 nitrogen and oxygen atoms in total. The molecule has 0 saturated carbocycles. The number of rotatable bonds is 5. The van der Waals surface area contributed by atoms with E-state index < -0.39 is 0 Å². The average molecular weight is 253 g/mol. The Hall–Kier alpha value is -0.940. The summed E-state index contributed by atoms with van der Waals surface area (Å²) in [5.74, 6) is 0.225. The van der Waals surface area contributed by atoms with Gasteiger partial charge in [0.15, 0.2) is 0 Å². The molecule has 1 amide bonds. The third-order valence-electron chi connectivity index (χ3n) is 2.94. The van der Waals surface area contributed by atoms with Crippen LogP contribution >= 0.6 is 11.3 Å². The van der Waals surface area contributed by atoms with E-state index in [1.807, 2.05) is 11.1 Å². The van der Waals surface area contributed by atoms with Gasteiger partial charge in [0.1, 0.15) is 0 Å². The van der Waals surface area contributed by atoms with Crippen molar-refractivity contribution in [3.8, 4) is 0 Å². The van der Waals surface area contributed by atoms with Crippen molar-refractivity contribution in [2.75, 3.05) is 19.6 Å². The summed E-state index contributed by atoms with van der Waals surface area (Å²) in [4.78, 5) is 19.2. The first-order valence-corrected chi connectivity index (χ1v) is 7.03. The molecule has 94 valence electrons. The topological polar surface area (TPSA) is 45.2 Å². The van der Waals surface area contributed by atoms with Crippen LogP contribution in [0.15, 0.2) is 6.20 Å². The fourth-order valence-corrected chi connectivity index (χ4v) is 2.80. The Balaban J connectivity index is 1.69. The predicted molar refractivity (Wildman–Crippen MR) is 69.0 cm³/mol. The number of hydrogen-bond donors (Lipinski definition) is 1. The molecule has 0 unspecified atom stereocenters. The largest absolute Gasteiger partial charge is 0.342 e. The summed E-state index contributed by atoms with van der Waals surface area (Å²) in [7, 11) is 0. The SMILES string of the molecule is CCc1ncc(CNCC(=O)N2CCCC2)s1. The van der Waals surface area contributed by atoms with Crippen molar-refractivity contribution in [3.63, 3.8) is 0 Å². The third kappa shape index (κ3) is 3.51. The normalized spacial score (nSPS) is 15.5. The van der Waals surface area contributed by atoms with Gasteiger partial charge < -0.3 is 10.2 Å². The van der Waals surface area contributed by atoms with Crippen molar-refractivity contribution in [3.05, 3.63) is 16.1 Å². The fourth-order valence-electron chi connectivity index (χ4n) is 1.96. The molecule has 1 aromatic rings. The maximum absolute atomic E-state index is 11.7. The third-order valence-corrected chi connectivity index (χ3v) is 4.08. The molecule has 2 heterocycles. The highest BCUT2D eigenvalue weighted by Crippen LogP contribution is 2.12. The summed E-state index contributed by atoms with van der Waals surface area (Å²) in [6.45, 7) is 5.16. The van der Waals surface area contributed by atoms with Crippen molar-refractivity contribution >= 4 is 17.2 Å². The van der Waals surface area contributed by atoms with Crippen molar-refractivity contribution in [2.24, 2.45) is 0 Å². The van der Waals surface area contributed by atoms with Crippen LogP contribution in [-0.4, -0.2) is 35.4 Å². The van der Waals surface area contributed by atoms with E-state index >= 15 is 0 Å². The highest BCUT2D eigenvalue weighted by Gasteiger charge is 2.16. The van der Waals surface area contributed by atoms with E-state index in [0.717, 1.165) is 43.9 Å². The average Bonchev–Trinajstić information content (AvgIpc) is 3.00. The van der Waals surface area contributed by atoms with Crippen LogP contribution in [0, 0.1) is 0 Å². The summed E-state index contributed by atoms with van der Waals surface area (Å²) in [5, 5.41) is 4.35. The standard InChI is InChI=1S/C12H19N3OS/c1-2-11-14-8-10(17-11)7-13-9-12(16)15-5-3-4-6-15/h8,13H,2-7,9H2,1H3. The maximum Gasteiger partial charge on any atom is 0.236 e. The van der Waals surface area contributed by atoms with Crippen LogP contribution in [-0.2, 0) is 17.8 Å². The van der Waals surface area contributed by atoms with E-state index in [9.17, 15) is 4.79 Å². The van der Waals surface area contributed by atoms with Gasteiger partial charge >= 0.3 is 0 Å². The fraction of sp³-hybridized carbons (Fsp3) is 0.667. The Kier molecular flexibility index (Phi) is 4.50. The number of thiazole rings is 1. The zero-order valence-electron chi connectivity index (χ0n) is 10.2. The summed E-state index contributed by atoms with van der Waals surface area (Å²) in [6.07, 6.45) is 5.19. The van der Waals surface area contributed by atoms with Gasteiger partial charge in [0, 0.05) is 30.7 Å². The molecule has 1 fully saturated rings. The van der Waals surface area contributed by atoms with Gasteiger partial charge in [-0.15, -0.1) is 11.3 Å². The minimum Gasteiger partial charge on any atom is -0.342 e. The van der Waals surface area contributed by atoms with Gasteiger partial charge in [-0.25, -0.2) is 4.98 Å². The van der Waals surface area contributed by atoms with Crippen LogP contribution in [0.4, 0.5) is 0 Å². The molecule has 0 atom stereocenters. The van der Waals surface area contributed by atoms with E-state index in [0.29, 0.717) is 6.54 Å². The first-order chi connectivity index (χ1) is 8.29. The molecule has 1 saturated heterocycles. The van der Waals surface area contributed by atoms with Crippen LogP contribution in [0.3, 0.4) is 0 Å². The molecule has 0 spiro atoms. The second kappa shape index (κ2) is 6.12. The maximum atomic E-state index is 11.7. The first-order valence-electron chi connectivity index (χ1n) is 6.21. The Morgan fingerprint density at radius 1 is 1.53 bits per heavy atom. The Morgan fingerprint density at radius 3 is 2.94 bits per heavy atom. The Morgan fingerprint density at radius 2 is 2.29 bits per heavy atom. The first kappa shape index (κ1) is 12.5. The van der Waals surface area contributed by atoms with Crippen LogP contribution in [0.2, 0.25) is 0 Å². The quantitative estimate of drug-likeness (QED) is 0.863. The highest BCUT2D eigenvalue weighted by molar-refractivity contribution is 7.11. The smallest absolute Gasteiger partial charge is 0.236 e. The van der Waals surface area contributed by atoms with Gasteiger partial charge in [-0.3, -0.25) is 4.79 Å². The van der Waals surface area contributed by atoms with Gasteiger partial charge in [-0.2, -0.15) is 0 Å². The lowest BCUT2D eigenvalue weighted by molar-refractivity contribution is -0.129. The van der Waals surface area contributed by atoms with Crippen LogP contribution in [0.25, 0.3) is 0 Å². The zero-order chi connectivity index (χ0) is 12.1. The van der Waals surface area contributed by atoms with Gasteiger partial charge in [-0.1, -0.05) is 6.92 Å². The Labute approximate surface area is 106 Å². The molecular weight excluding hydrogens is 234 g/mol. The van der Waals surface area contributed by atoms with E-state index in [2.05, 4.69) is 17.2 Å². The predicted octanol–water partition coefficient (Wildman–Crippen LogP) is 1.42. The van der Waals surface area contributed by atoms with Crippen molar-refractivity contribution in [2.45, 2.75) is 32.7 Å². The lowest BCUT2D eigenvalue weighted by atomic mass is 10.4.